The highest BCUT2D eigenvalue weighted by atomic mass is 16.3. The van der Waals surface area contributed by atoms with Gasteiger partial charge >= 0.3 is 0 Å². The number of carbonyl (C=O) groups is 1. The van der Waals surface area contributed by atoms with Crippen LogP contribution in [0.2, 0.25) is 0 Å². The van der Waals surface area contributed by atoms with Crippen LogP contribution in [0.3, 0.4) is 0 Å². The highest BCUT2D eigenvalue weighted by molar-refractivity contribution is 5.84. The third-order valence-corrected chi connectivity index (χ3v) is 3.10. The molecule has 1 amide bonds. The van der Waals surface area contributed by atoms with Gasteiger partial charge in [-0.25, -0.2) is 0 Å². The molecule has 0 radical (unpaired) electrons. The summed E-state index contributed by atoms with van der Waals surface area (Å²) in [7, 11) is 0. The molecular formula is C15H20N2O2. The summed E-state index contributed by atoms with van der Waals surface area (Å²) in [6, 6.07) is 8.02. The third kappa shape index (κ3) is 3.15. The molecule has 0 fully saturated rings. The zero-order chi connectivity index (χ0) is 13.8. The molecule has 4 nitrogen and oxygen atoms in total. The van der Waals surface area contributed by atoms with E-state index in [1.807, 2.05) is 44.3 Å². The lowest BCUT2D eigenvalue weighted by Gasteiger charge is -2.09. The molecule has 2 rings (SSSR count). The number of aryl methyl sites for hydroxylation is 1. The average Bonchev–Trinajstić information content (AvgIpc) is 2.78. The van der Waals surface area contributed by atoms with E-state index in [0.717, 1.165) is 16.5 Å². The van der Waals surface area contributed by atoms with Crippen LogP contribution in [-0.4, -0.2) is 21.6 Å². The molecule has 0 bridgehead atoms. The summed E-state index contributed by atoms with van der Waals surface area (Å²) >= 11 is 0. The van der Waals surface area contributed by atoms with Gasteiger partial charge in [-0.2, -0.15) is 0 Å². The molecule has 0 aliphatic rings. The van der Waals surface area contributed by atoms with Crippen molar-refractivity contribution in [1.29, 1.82) is 0 Å². The van der Waals surface area contributed by atoms with Crippen molar-refractivity contribution in [3.8, 4) is 0 Å². The Labute approximate surface area is 113 Å². The van der Waals surface area contributed by atoms with Crippen LogP contribution in [0.25, 0.3) is 10.9 Å². The van der Waals surface area contributed by atoms with Crippen LogP contribution in [0.1, 0.15) is 25.8 Å². The number of nitrogens with zero attached hydrogens (tertiary/aromatic N) is 1. The molecule has 0 saturated heterocycles. The number of fused-ring (bicyclic) bond motifs is 1. The normalized spacial score (nSPS) is 11.2. The Morgan fingerprint density at radius 2 is 2.16 bits per heavy atom. The van der Waals surface area contributed by atoms with E-state index in [9.17, 15) is 9.90 Å². The van der Waals surface area contributed by atoms with Gasteiger partial charge < -0.3 is 15.0 Å². The summed E-state index contributed by atoms with van der Waals surface area (Å²) in [5.74, 6) is 0.0650. The maximum atomic E-state index is 11.6. The van der Waals surface area contributed by atoms with Gasteiger partial charge in [0, 0.05) is 36.1 Å². The number of hydrogen-bond donors (Lipinski definition) is 2. The van der Waals surface area contributed by atoms with Crippen LogP contribution in [0.5, 0.6) is 0 Å². The molecule has 1 heterocycles. The van der Waals surface area contributed by atoms with Gasteiger partial charge in [-0.1, -0.05) is 12.1 Å². The first-order valence-electron chi connectivity index (χ1n) is 6.58. The zero-order valence-corrected chi connectivity index (χ0v) is 11.4. The Kier molecular flexibility index (Phi) is 4.22. The maximum Gasteiger partial charge on any atom is 0.221 e. The summed E-state index contributed by atoms with van der Waals surface area (Å²) in [5.41, 5.74) is 1.98. The first-order valence-corrected chi connectivity index (χ1v) is 6.58. The van der Waals surface area contributed by atoms with Crippen molar-refractivity contribution in [2.24, 2.45) is 0 Å². The van der Waals surface area contributed by atoms with E-state index in [4.69, 9.17) is 0 Å². The number of nitrogens with one attached hydrogen (secondary N) is 1. The first-order chi connectivity index (χ1) is 9.11. The lowest BCUT2D eigenvalue weighted by molar-refractivity contribution is -0.121. The average molecular weight is 260 g/mol. The molecule has 0 aliphatic carbocycles. The third-order valence-electron chi connectivity index (χ3n) is 3.10. The van der Waals surface area contributed by atoms with Crippen LogP contribution >= 0.6 is 0 Å². The van der Waals surface area contributed by atoms with E-state index >= 15 is 0 Å². The predicted octanol–water partition coefficient (Wildman–Crippen LogP) is 2.05. The second-order valence-corrected chi connectivity index (χ2v) is 4.99. The van der Waals surface area contributed by atoms with Crippen LogP contribution in [0.15, 0.2) is 30.5 Å². The number of hydrogen-bond acceptors (Lipinski definition) is 2. The van der Waals surface area contributed by atoms with Gasteiger partial charge in [-0.3, -0.25) is 4.79 Å². The lowest BCUT2D eigenvalue weighted by Crippen LogP contribution is -2.30. The summed E-state index contributed by atoms with van der Waals surface area (Å²) in [4.78, 5) is 11.6. The predicted molar refractivity (Wildman–Crippen MR) is 75.8 cm³/mol. The number of aliphatic hydroxyl groups is 1. The molecular weight excluding hydrogens is 240 g/mol. The Bertz CT molecular complexity index is 573. The van der Waals surface area contributed by atoms with E-state index in [0.29, 0.717) is 13.0 Å². The van der Waals surface area contributed by atoms with Gasteiger partial charge in [-0.15, -0.1) is 0 Å². The summed E-state index contributed by atoms with van der Waals surface area (Å²) < 4.78 is 2.05. The van der Waals surface area contributed by atoms with E-state index in [2.05, 4.69) is 9.88 Å². The van der Waals surface area contributed by atoms with E-state index in [1.54, 1.807) is 0 Å². The fourth-order valence-electron chi connectivity index (χ4n) is 2.24. The summed E-state index contributed by atoms with van der Waals surface area (Å²) in [6.07, 6.45) is 2.43. The number of amides is 1. The molecule has 0 saturated carbocycles. The minimum absolute atomic E-state index is 0.0369. The molecule has 19 heavy (non-hydrogen) atoms. The SMILES string of the molecule is CC(C)NC(=O)CCn1ccc2c(CO)cccc21. The monoisotopic (exact) mass is 260 g/mol. The van der Waals surface area contributed by atoms with Gasteiger partial charge in [0.1, 0.15) is 0 Å². The Morgan fingerprint density at radius 3 is 2.84 bits per heavy atom. The first kappa shape index (κ1) is 13.6. The van der Waals surface area contributed by atoms with Crippen molar-refractivity contribution in [1.82, 2.24) is 9.88 Å². The number of benzene rings is 1. The Balaban J connectivity index is 2.12. The molecule has 2 N–H and O–H groups in total. The lowest BCUT2D eigenvalue weighted by atomic mass is 10.1. The molecule has 1 aromatic carbocycles. The quantitative estimate of drug-likeness (QED) is 0.864. The number of carbonyl (C=O) groups excluding carboxylic acids is 1. The summed E-state index contributed by atoms with van der Waals surface area (Å²) in [5, 5.41) is 13.2. The van der Waals surface area contributed by atoms with Crippen molar-refractivity contribution in [2.45, 2.75) is 39.5 Å². The van der Waals surface area contributed by atoms with Crippen molar-refractivity contribution >= 4 is 16.8 Å². The molecule has 1 aromatic heterocycles. The van der Waals surface area contributed by atoms with E-state index < -0.39 is 0 Å². The van der Waals surface area contributed by atoms with Crippen LogP contribution in [0.4, 0.5) is 0 Å². The topological polar surface area (TPSA) is 54.3 Å². The Morgan fingerprint density at radius 1 is 1.37 bits per heavy atom. The standard InChI is InChI=1S/C15H20N2O2/c1-11(2)16-15(19)7-9-17-8-6-13-12(10-18)4-3-5-14(13)17/h3-6,8,11,18H,7,9-10H2,1-2H3,(H,16,19). The smallest absolute Gasteiger partial charge is 0.221 e. The summed E-state index contributed by atoms with van der Waals surface area (Å²) in [6.45, 7) is 4.60. The van der Waals surface area contributed by atoms with Crippen LogP contribution in [-0.2, 0) is 17.9 Å². The fourth-order valence-corrected chi connectivity index (χ4v) is 2.24. The van der Waals surface area contributed by atoms with E-state index in [1.165, 1.54) is 0 Å². The molecule has 2 aromatic rings. The van der Waals surface area contributed by atoms with Crippen molar-refractivity contribution < 1.29 is 9.90 Å². The molecule has 0 unspecified atom stereocenters. The zero-order valence-electron chi connectivity index (χ0n) is 11.4. The number of aromatic nitrogens is 1. The fraction of sp³-hybridized carbons (Fsp3) is 0.400. The highest BCUT2D eigenvalue weighted by Crippen LogP contribution is 2.20. The molecule has 102 valence electrons. The van der Waals surface area contributed by atoms with Gasteiger partial charge in [0.2, 0.25) is 5.91 Å². The largest absolute Gasteiger partial charge is 0.392 e. The van der Waals surface area contributed by atoms with Crippen molar-refractivity contribution in [3.05, 3.63) is 36.0 Å². The van der Waals surface area contributed by atoms with Crippen molar-refractivity contribution in [3.63, 3.8) is 0 Å². The van der Waals surface area contributed by atoms with Gasteiger partial charge in [-0.05, 0) is 31.5 Å². The Hall–Kier alpha value is -1.81. The maximum absolute atomic E-state index is 11.6. The molecule has 0 spiro atoms. The minimum atomic E-state index is 0.0369. The van der Waals surface area contributed by atoms with Crippen molar-refractivity contribution in [2.75, 3.05) is 0 Å². The highest BCUT2D eigenvalue weighted by Gasteiger charge is 2.07. The van der Waals surface area contributed by atoms with Crippen LogP contribution < -0.4 is 5.32 Å². The van der Waals surface area contributed by atoms with Gasteiger partial charge in [0.05, 0.1) is 6.61 Å². The second kappa shape index (κ2) is 5.89. The number of aliphatic hydroxyl groups excluding tert-OH is 1. The van der Waals surface area contributed by atoms with Gasteiger partial charge in [0.25, 0.3) is 0 Å². The van der Waals surface area contributed by atoms with Crippen LogP contribution in [0, 0.1) is 0 Å². The molecule has 0 aliphatic heterocycles. The van der Waals surface area contributed by atoms with E-state index in [-0.39, 0.29) is 18.6 Å². The van der Waals surface area contributed by atoms with Gasteiger partial charge in [0.15, 0.2) is 0 Å². The molecule has 0 atom stereocenters. The number of rotatable bonds is 5. The second-order valence-electron chi connectivity index (χ2n) is 4.99. The minimum Gasteiger partial charge on any atom is -0.392 e. The molecule has 4 heteroatoms.